The molecule has 0 aromatic rings. The minimum Gasteiger partial charge on any atom is -0.395 e. The summed E-state index contributed by atoms with van der Waals surface area (Å²) < 4.78 is 0. The lowest BCUT2D eigenvalue weighted by atomic mass is 9.58. The lowest BCUT2D eigenvalue weighted by Crippen LogP contribution is -2.49. The van der Waals surface area contributed by atoms with Crippen LogP contribution in [0.4, 0.5) is 0 Å². The molecule has 0 amide bonds. The molecule has 2 aliphatic rings. The number of hydrogen-bond donors (Lipinski definition) is 3. The van der Waals surface area contributed by atoms with E-state index in [0.29, 0.717) is 0 Å². The van der Waals surface area contributed by atoms with Crippen molar-refractivity contribution in [1.82, 2.24) is 5.32 Å². The standard InChI is InChI=1S/C8H13NO2/c10-5-7-1-2-8(7,6-11)4-9-3-7/h1-2,9-11H,3-6H2. The summed E-state index contributed by atoms with van der Waals surface area (Å²) in [5, 5.41) is 21.5. The third-order valence-corrected chi connectivity index (χ3v) is 3.16. The van der Waals surface area contributed by atoms with Crippen LogP contribution in [0.3, 0.4) is 0 Å². The van der Waals surface area contributed by atoms with E-state index in [2.05, 4.69) is 5.32 Å². The first-order valence-corrected chi connectivity index (χ1v) is 3.91. The smallest absolute Gasteiger partial charge is 0.0544 e. The average Bonchev–Trinajstić information content (AvgIpc) is 2.26. The maximum absolute atomic E-state index is 9.14. The van der Waals surface area contributed by atoms with E-state index in [0.717, 1.165) is 13.1 Å². The first-order valence-electron chi connectivity index (χ1n) is 3.91. The van der Waals surface area contributed by atoms with Gasteiger partial charge in [-0.15, -0.1) is 0 Å². The first kappa shape index (κ1) is 7.28. The molecule has 0 bridgehead atoms. The Labute approximate surface area is 65.7 Å². The fraction of sp³-hybridized carbons (Fsp3) is 0.750. The molecule has 2 rings (SSSR count). The Balaban J connectivity index is 2.29. The molecule has 0 aromatic heterocycles. The Hall–Kier alpha value is -0.380. The highest BCUT2D eigenvalue weighted by Gasteiger charge is 2.56. The molecule has 1 heterocycles. The normalized spacial score (nSPS) is 47.1. The van der Waals surface area contributed by atoms with Crippen LogP contribution in [0, 0.1) is 10.8 Å². The van der Waals surface area contributed by atoms with E-state index in [1.54, 1.807) is 0 Å². The second-order valence-electron chi connectivity index (χ2n) is 3.57. The van der Waals surface area contributed by atoms with Crippen molar-refractivity contribution in [2.75, 3.05) is 26.3 Å². The number of fused-ring (bicyclic) bond motifs is 1. The van der Waals surface area contributed by atoms with Gasteiger partial charge in [-0.05, 0) is 0 Å². The second-order valence-corrected chi connectivity index (χ2v) is 3.57. The lowest BCUT2D eigenvalue weighted by molar-refractivity contribution is 0.0279. The van der Waals surface area contributed by atoms with E-state index in [1.165, 1.54) is 0 Å². The van der Waals surface area contributed by atoms with Gasteiger partial charge >= 0.3 is 0 Å². The van der Waals surface area contributed by atoms with Gasteiger partial charge in [0.2, 0.25) is 0 Å². The third-order valence-electron chi connectivity index (χ3n) is 3.16. The summed E-state index contributed by atoms with van der Waals surface area (Å²) in [6.07, 6.45) is 4.01. The van der Waals surface area contributed by atoms with Crippen molar-refractivity contribution in [3.8, 4) is 0 Å². The quantitative estimate of drug-likeness (QED) is 0.454. The molecule has 1 saturated heterocycles. The molecule has 2 atom stereocenters. The lowest BCUT2D eigenvalue weighted by Gasteiger charge is -2.46. The molecular formula is C8H13NO2. The van der Waals surface area contributed by atoms with Crippen LogP contribution in [0.15, 0.2) is 12.2 Å². The van der Waals surface area contributed by atoms with Gasteiger partial charge in [0.05, 0.1) is 13.2 Å². The van der Waals surface area contributed by atoms with Crippen LogP contribution in [0.2, 0.25) is 0 Å². The van der Waals surface area contributed by atoms with E-state index in [1.807, 2.05) is 12.2 Å². The van der Waals surface area contributed by atoms with Crippen LogP contribution in [0.5, 0.6) is 0 Å². The van der Waals surface area contributed by atoms with E-state index >= 15 is 0 Å². The zero-order valence-corrected chi connectivity index (χ0v) is 6.38. The molecule has 1 aliphatic heterocycles. The molecule has 1 fully saturated rings. The predicted molar refractivity (Wildman–Crippen MR) is 41.0 cm³/mol. The molecule has 1 aliphatic carbocycles. The molecule has 0 radical (unpaired) electrons. The van der Waals surface area contributed by atoms with E-state index in [9.17, 15) is 0 Å². The van der Waals surface area contributed by atoms with Gasteiger partial charge < -0.3 is 15.5 Å². The monoisotopic (exact) mass is 155 g/mol. The van der Waals surface area contributed by atoms with Gasteiger partial charge in [-0.25, -0.2) is 0 Å². The van der Waals surface area contributed by atoms with Crippen LogP contribution < -0.4 is 5.32 Å². The van der Waals surface area contributed by atoms with Crippen molar-refractivity contribution in [1.29, 1.82) is 0 Å². The first-order chi connectivity index (χ1) is 5.29. The molecule has 11 heavy (non-hydrogen) atoms. The number of aliphatic hydroxyl groups excluding tert-OH is 2. The molecule has 0 spiro atoms. The van der Waals surface area contributed by atoms with E-state index in [-0.39, 0.29) is 24.0 Å². The molecule has 62 valence electrons. The van der Waals surface area contributed by atoms with Gasteiger partial charge in [0.15, 0.2) is 0 Å². The van der Waals surface area contributed by atoms with Gasteiger partial charge in [0.25, 0.3) is 0 Å². The molecule has 0 saturated carbocycles. The van der Waals surface area contributed by atoms with Gasteiger partial charge in [-0.3, -0.25) is 0 Å². The highest BCUT2D eigenvalue weighted by molar-refractivity contribution is 5.31. The summed E-state index contributed by atoms with van der Waals surface area (Å²) in [6.45, 7) is 1.86. The Morgan fingerprint density at radius 1 is 1.09 bits per heavy atom. The summed E-state index contributed by atoms with van der Waals surface area (Å²) in [4.78, 5) is 0. The van der Waals surface area contributed by atoms with Crippen molar-refractivity contribution in [2.24, 2.45) is 10.8 Å². The van der Waals surface area contributed by atoms with Crippen molar-refractivity contribution < 1.29 is 10.2 Å². The minimum atomic E-state index is -0.165. The summed E-state index contributed by atoms with van der Waals surface area (Å²) in [6, 6.07) is 0. The van der Waals surface area contributed by atoms with E-state index < -0.39 is 0 Å². The van der Waals surface area contributed by atoms with Crippen molar-refractivity contribution in [3.05, 3.63) is 12.2 Å². The van der Waals surface area contributed by atoms with Crippen molar-refractivity contribution in [2.45, 2.75) is 0 Å². The summed E-state index contributed by atoms with van der Waals surface area (Å²) >= 11 is 0. The number of aliphatic hydroxyl groups is 2. The van der Waals surface area contributed by atoms with Crippen LogP contribution in [0.25, 0.3) is 0 Å². The Kier molecular flexibility index (Phi) is 1.36. The fourth-order valence-corrected chi connectivity index (χ4v) is 2.07. The fourth-order valence-electron chi connectivity index (χ4n) is 2.07. The third kappa shape index (κ3) is 0.637. The molecule has 3 heteroatoms. The topological polar surface area (TPSA) is 52.5 Å². The largest absolute Gasteiger partial charge is 0.395 e. The van der Waals surface area contributed by atoms with Gasteiger partial charge in [-0.1, -0.05) is 12.2 Å². The Morgan fingerprint density at radius 2 is 1.55 bits per heavy atom. The number of nitrogens with one attached hydrogen (secondary N) is 1. The number of hydrogen-bond acceptors (Lipinski definition) is 3. The zero-order chi connectivity index (χ0) is 7.95. The van der Waals surface area contributed by atoms with Crippen molar-refractivity contribution in [3.63, 3.8) is 0 Å². The average molecular weight is 155 g/mol. The van der Waals surface area contributed by atoms with Crippen LogP contribution >= 0.6 is 0 Å². The summed E-state index contributed by atoms with van der Waals surface area (Å²) in [5.74, 6) is 0. The predicted octanol–water partition coefficient (Wildman–Crippen LogP) is -0.883. The summed E-state index contributed by atoms with van der Waals surface area (Å²) in [7, 11) is 0. The van der Waals surface area contributed by atoms with Crippen LogP contribution in [-0.2, 0) is 0 Å². The highest BCUT2D eigenvalue weighted by Crippen LogP contribution is 2.51. The zero-order valence-electron chi connectivity index (χ0n) is 6.38. The maximum Gasteiger partial charge on any atom is 0.0544 e. The summed E-state index contributed by atoms with van der Waals surface area (Å²) in [5.41, 5.74) is -0.330. The Bertz CT molecular complexity index is 184. The van der Waals surface area contributed by atoms with Gasteiger partial charge in [-0.2, -0.15) is 0 Å². The molecule has 0 aromatic carbocycles. The maximum atomic E-state index is 9.14. The molecule has 3 N–H and O–H groups in total. The van der Waals surface area contributed by atoms with E-state index in [4.69, 9.17) is 10.2 Å². The molecular weight excluding hydrogens is 142 g/mol. The van der Waals surface area contributed by atoms with Crippen molar-refractivity contribution >= 4 is 0 Å². The van der Waals surface area contributed by atoms with Gasteiger partial charge in [0.1, 0.15) is 0 Å². The van der Waals surface area contributed by atoms with Gasteiger partial charge in [0, 0.05) is 23.9 Å². The SMILES string of the molecule is OCC12C=CC1(CO)CNC2. The minimum absolute atomic E-state index is 0.136. The Morgan fingerprint density at radius 3 is 1.82 bits per heavy atom. The number of rotatable bonds is 2. The van der Waals surface area contributed by atoms with Crippen LogP contribution in [0.1, 0.15) is 0 Å². The second kappa shape index (κ2) is 2.06. The van der Waals surface area contributed by atoms with Crippen LogP contribution in [-0.4, -0.2) is 36.5 Å². The molecule has 3 nitrogen and oxygen atoms in total. The highest BCUT2D eigenvalue weighted by atomic mass is 16.3. The molecule has 2 unspecified atom stereocenters.